The fourth-order valence-corrected chi connectivity index (χ4v) is 4.43. The second-order valence-corrected chi connectivity index (χ2v) is 8.99. The summed E-state index contributed by atoms with van der Waals surface area (Å²) in [7, 11) is 0. The third-order valence-electron chi connectivity index (χ3n) is 5.52. The lowest BCUT2D eigenvalue weighted by Gasteiger charge is -2.38. The van der Waals surface area contributed by atoms with Crippen molar-refractivity contribution in [3.05, 3.63) is 58.5 Å². The molecule has 0 N–H and O–H groups in total. The summed E-state index contributed by atoms with van der Waals surface area (Å²) in [5.41, 5.74) is 10.6. The summed E-state index contributed by atoms with van der Waals surface area (Å²) in [5.74, 6) is 2.48. The second-order valence-electron chi connectivity index (χ2n) is 7.98. The van der Waals surface area contributed by atoms with Gasteiger partial charge < -0.3 is 14.4 Å². The van der Waals surface area contributed by atoms with Crippen molar-refractivity contribution in [3.8, 4) is 11.5 Å². The van der Waals surface area contributed by atoms with Gasteiger partial charge in [0.15, 0.2) is 5.13 Å². The van der Waals surface area contributed by atoms with E-state index in [1.165, 1.54) is 12.8 Å². The van der Waals surface area contributed by atoms with Crippen LogP contribution in [0.1, 0.15) is 31.4 Å². The molecule has 1 saturated heterocycles. The maximum atomic E-state index is 8.64. The van der Waals surface area contributed by atoms with Crippen molar-refractivity contribution in [2.24, 2.45) is 11.0 Å². The summed E-state index contributed by atoms with van der Waals surface area (Å²) in [6.45, 7) is 4.32. The molecule has 154 valence electrons. The minimum Gasteiger partial charge on any atom is -0.493 e. The number of rotatable bonds is 8. The van der Waals surface area contributed by atoms with Crippen molar-refractivity contribution >= 4 is 26.7 Å². The lowest BCUT2D eigenvalue weighted by molar-refractivity contribution is 0.166. The van der Waals surface area contributed by atoms with E-state index in [0.29, 0.717) is 0 Å². The smallest absolute Gasteiger partial charge is 0.186 e. The minimum atomic E-state index is -0.199. The van der Waals surface area contributed by atoms with Crippen LogP contribution in [-0.2, 0) is 0 Å². The summed E-state index contributed by atoms with van der Waals surface area (Å²) in [6.07, 6.45) is 2.72. The van der Waals surface area contributed by atoms with Crippen LogP contribution in [0.4, 0.5) is 5.13 Å². The lowest BCUT2D eigenvalue weighted by Crippen LogP contribution is -2.54. The fraction of sp³-hybridized carbons (Fsp3) is 0.409. The molecule has 30 heavy (non-hydrogen) atoms. The van der Waals surface area contributed by atoms with Gasteiger partial charge in [0.05, 0.1) is 36.0 Å². The van der Waals surface area contributed by atoms with Gasteiger partial charge in [-0.05, 0) is 54.1 Å². The number of anilines is 1. The molecule has 3 aromatic rings. The first-order valence-electron chi connectivity index (χ1n) is 10.3. The number of hydrogen-bond donors (Lipinski definition) is 0. The molecular formula is C22H23N5O2S. The molecule has 2 heterocycles. The normalized spacial score (nSPS) is 17.3. The van der Waals surface area contributed by atoms with Crippen LogP contribution in [0.2, 0.25) is 0 Å². The van der Waals surface area contributed by atoms with Crippen molar-refractivity contribution in [1.29, 1.82) is 0 Å². The topological polar surface area (TPSA) is 83.4 Å². The van der Waals surface area contributed by atoms with Crippen molar-refractivity contribution in [3.63, 3.8) is 0 Å². The molecule has 2 fully saturated rings. The predicted octanol–water partition coefficient (Wildman–Crippen LogP) is 5.72. The highest BCUT2D eigenvalue weighted by Gasteiger charge is 2.31. The van der Waals surface area contributed by atoms with Crippen LogP contribution in [0.5, 0.6) is 11.5 Å². The quantitative estimate of drug-likeness (QED) is 0.264. The summed E-state index contributed by atoms with van der Waals surface area (Å²) in [4.78, 5) is 9.90. The van der Waals surface area contributed by atoms with Crippen LogP contribution in [0.3, 0.4) is 0 Å². The molecule has 1 unspecified atom stereocenters. The maximum absolute atomic E-state index is 8.64. The Morgan fingerprint density at radius 1 is 1.23 bits per heavy atom. The predicted molar refractivity (Wildman–Crippen MR) is 118 cm³/mol. The first kappa shape index (κ1) is 19.0. The van der Waals surface area contributed by atoms with Crippen molar-refractivity contribution < 1.29 is 9.47 Å². The van der Waals surface area contributed by atoms with Crippen LogP contribution < -0.4 is 14.4 Å². The zero-order valence-electron chi connectivity index (χ0n) is 16.8. The molecule has 2 aliphatic rings. The molecule has 0 radical (unpaired) electrons. The Hall–Kier alpha value is -2.96. The number of azide groups is 1. The van der Waals surface area contributed by atoms with E-state index in [-0.39, 0.29) is 12.1 Å². The number of nitrogens with zero attached hydrogens (tertiary/aromatic N) is 5. The number of aromatic nitrogens is 1. The summed E-state index contributed by atoms with van der Waals surface area (Å²) in [6, 6.07) is 13.8. The Morgan fingerprint density at radius 3 is 2.87 bits per heavy atom. The minimum absolute atomic E-state index is 0.149. The van der Waals surface area contributed by atoms with Crippen LogP contribution in [0.15, 0.2) is 47.6 Å². The summed E-state index contributed by atoms with van der Waals surface area (Å²) in [5, 5.41) is 4.77. The lowest BCUT2D eigenvalue weighted by atomic mass is 10.1. The Balaban J connectivity index is 1.19. The van der Waals surface area contributed by atoms with Gasteiger partial charge in [0.1, 0.15) is 17.6 Å². The van der Waals surface area contributed by atoms with E-state index in [9.17, 15) is 0 Å². The highest BCUT2D eigenvalue weighted by atomic mass is 32.1. The zero-order valence-corrected chi connectivity index (χ0v) is 17.6. The molecule has 1 aliphatic carbocycles. The Kier molecular flexibility index (Phi) is 5.11. The number of fused-ring (bicyclic) bond motifs is 1. The average Bonchev–Trinajstić information content (AvgIpc) is 3.46. The number of benzene rings is 2. The molecule has 1 saturated carbocycles. The summed E-state index contributed by atoms with van der Waals surface area (Å²) < 4.78 is 13.1. The molecule has 5 rings (SSSR count). The van der Waals surface area contributed by atoms with E-state index in [0.717, 1.165) is 58.0 Å². The number of hydrogen-bond acceptors (Lipinski definition) is 6. The van der Waals surface area contributed by atoms with Gasteiger partial charge in [0.2, 0.25) is 0 Å². The molecule has 7 nitrogen and oxygen atoms in total. The summed E-state index contributed by atoms with van der Waals surface area (Å²) >= 11 is 1.68. The standard InChI is InChI=1S/C22H23N5O2S/c1-14(25-26-23)16-7-8-21-20(9-16)24-22(30-21)27-11-19(12-27)29-18-4-2-3-17(10-18)28-13-15-5-6-15/h2-4,7-10,14-15,19H,5-6,11-13H2,1H3. The SMILES string of the molecule is CC(N=[N+]=[N-])c1ccc2sc(N3CC(Oc4cccc(OCC5CC5)c4)C3)nc2c1. The molecule has 0 bridgehead atoms. The van der Waals surface area contributed by atoms with Crippen LogP contribution in [-0.4, -0.2) is 30.8 Å². The van der Waals surface area contributed by atoms with Gasteiger partial charge in [-0.2, -0.15) is 0 Å². The third kappa shape index (κ3) is 4.15. The number of thiazole rings is 1. The van der Waals surface area contributed by atoms with Gasteiger partial charge in [-0.3, -0.25) is 0 Å². The van der Waals surface area contributed by atoms with Gasteiger partial charge in [-0.15, -0.1) is 0 Å². The maximum Gasteiger partial charge on any atom is 0.186 e. The fourth-order valence-electron chi connectivity index (χ4n) is 3.47. The Bertz CT molecular complexity index is 1100. The third-order valence-corrected chi connectivity index (χ3v) is 6.61. The molecule has 1 aliphatic heterocycles. The van der Waals surface area contributed by atoms with Gasteiger partial charge in [-0.25, -0.2) is 4.98 Å². The first-order valence-corrected chi connectivity index (χ1v) is 11.1. The van der Waals surface area contributed by atoms with E-state index >= 15 is 0 Å². The molecule has 0 spiro atoms. The first-order chi connectivity index (χ1) is 14.7. The van der Waals surface area contributed by atoms with Gasteiger partial charge >= 0.3 is 0 Å². The van der Waals surface area contributed by atoms with E-state index in [1.54, 1.807) is 11.3 Å². The molecule has 0 amide bonds. The molecule has 1 atom stereocenters. The second kappa shape index (κ2) is 8.05. The van der Waals surface area contributed by atoms with Gasteiger partial charge in [-0.1, -0.05) is 35.5 Å². The van der Waals surface area contributed by atoms with Crippen LogP contribution in [0.25, 0.3) is 20.7 Å². The monoisotopic (exact) mass is 421 g/mol. The highest BCUT2D eigenvalue weighted by Crippen LogP contribution is 2.34. The van der Waals surface area contributed by atoms with Gasteiger partial charge in [0.25, 0.3) is 0 Å². The van der Waals surface area contributed by atoms with E-state index in [4.69, 9.17) is 20.0 Å². The van der Waals surface area contributed by atoms with E-state index < -0.39 is 0 Å². The Morgan fingerprint density at radius 2 is 2.07 bits per heavy atom. The van der Waals surface area contributed by atoms with Crippen molar-refractivity contribution in [2.75, 3.05) is 24.6 Å². The van der Waals surface area contributed by atoms with E-state index in [2.05, 4.69) is 21.0 Å². The molecule has 8 heteroatoms. The average molecular weight is 422 g/mol. The van der Waals surface area contributed by atoms with Crippen LogP contribution in [0, 0.1) is 5.92 Å². The van der Waals surface area contributed by atoms with Gasteiger partial charge in [0, 0.05) is 11.0 Å². The van der Waals surface area contributed by atoms with Crippen molar-refractivity contribution in [2.45, 2.75) is 31.9 Å². The van der Waals surface area contributed by atoms with E-state index in [1.807, 2.05) is 43.3 Å². The Labute approximate surface area is 178 Å². The number of ether oxygens (including phenoxy) is 2. The van der Waals surface area contributed by atoms with Crippen LogP contribution >= 0.6 is 11.3 Å². The van der Waals surface area contributed by atoms with Crippen molar-refractivity contribution in [1.82, 2.24) is 4.98 Å². The zero-order chi connectivity index (χ0) is 20.5. The molecule has 1 aromatic heterocycles. The largest absolute Gasteiger partial charge is 0.493 e. The molecular weight excluding hydrogens is 398 g/mol. The molecule has 2 aromatic carbocycles. The highest BCUT2D eigenvalue weighted by molar-refractivity contribution is 7.22.